The SMILES string of the molecule is CC/C=C/C=N\N. The Morgan fingerprint density at radius 1 is 1.71 bits per heavy atom. The first-order valence-electron chi connectivity index (χ1n) is 2.30. The molecule has 0 aromatic rings. The highest BCUT2D eigenvalue weighted by molar-refractivity contribution is 5.70. The number of nitrogens with zero attached hydrogens (tertiary/aromatic N) is 1. The Balaban J connectivity index is 3.09. The van der Waals surface area contributed by atoms with Crippen LogP contribution >= 0.6 is 0 Å². The molecule has 0 amide bonds. The van der Waals surface area contributed by atoms with Gasteiger partial charge in [0.05, 0.1) is 0 Å². The minimum Gasteiger partial charge on any atom is -0.323 e. The summed E-state index contributed by atoms with van der Waals surface area (Å²) in [5.74, 6) is 4.79. The van der Waals surface area contributed by atoms with Crippen LogP contribution in [0.4, 0.5) is 0 Å². The molecular formula is C5H10N2. The Morgan fingerprint density at radius 3 is 2.86 bits per heavy atom. The molecule has 0 fully saturated rings. The molecule has 0 heterocycles. The van der Waals surface area contributed by atoms with Crippen molar-refractivity contribution in [2.45, 2.75) is 13.3 Å². The lowest BCUT2D eigenvalue weighted by molar-refractivity contribution is 1.22. The van der Waals surface area contributed by atoms with Gasteiger partial charge in [-0.3, -0.25) is 0 Å². The molecule has 0 saturated carbocycles. The zero-order valence-electron chi connectivity index (χ0n) is 4.46. The fourth-order valence-corrected chi connectivity index (χ4v) is 0.247. The number of hydrogen-bond acceptors (Lipinski definition) is 2. The van der Waals surface area contributed by atoms with Gasteiger partial charge in [-0.25, -0.2) is 0 Å². The first-order chi connectivity index (χ1) is 3.41. The molecule has 40 valence electrons. The van der Waals surface area contributed by atoms with Gasteiger partial charge in [-0.15, -0.1) is 0 Å². The molecule has 0 aliphatic heterocycles. The van der Waals surface area contributed by atoms with E-state index in [4.69, 9.17) is 5.84 Å². The highest BCUT2D eigenvalue weighted by Crippen LogP contribution is 1.73. The minimum atomic E-state index is 1.03. The molecule has 0 bridgehead atoms. The first kappa shape index (κ1) is 6.21. The van der Waals surface area contributed by atoms with Gasteiger partial charge in [0.2, 0.25) is 0 Å². The van der Waals surface area contributed by atoms with Crippen LogP contribution in [0.1, 0.15) is 13.3 Å². The summed E-state index contributed by atoms with van der Waals surface area (Å²) in [6.07, 6.45) is 6.39. The number of nitrogens with two attached hydrogens (primary N) is 1. The van der Waals surface area contributed by atoms with Gasteiger partial charge in [0.1, 0.15) is 0 Å². The van der Waals surface area contributed by atoms with Crippen molar-refractivity contribution in [1.82, 2.24) is 0 Å². The number of hydrogen-bond donors (Lipinski definition) is 1. The van der Waals surface area contributed by atoms with E-state index in [1.54, 1.807) is 6.21 Å². The van der Waals surface area contributed by atoms with Gasteiger partial charge in [0, 0.05) is 6.21 Å². The third-order valence-electron chi connectivity index (χ3n) is 0.544. The van der Waals surface area contributed by atoms with Gasteiger partial charge in [0.25, 0.3) is 0 Å². The van der Waals surface area contributed by atoms with Crippen LogP contribution in [-0.4, -0.2) is 6.21 Å². The van der Waals surface area contributed by atoms with Crippen molar-refractivity contribution in [3.63, 3.8) is 0 Å². The van der Waals surface area contributed by atoms with Crippen LogP contribution in [0.3, 0.4) is 0 Å². The maximum atomic E-state index is 4.79. The molecule has 0 unspecified atom stereocenters. The molecule has 2 N–H and O–H groups in total. The lowest BCUT2D eigenvalue weighted by atomic mass is 10.4. The Kier molecular flexibility index (Phi) is 4.62. The molecule has 0 radical (unpaired) electrons. The van der Waals surface area contributed by atoms with E-state index in [-0.39, 0.29) is 0 Å². The summed E-state index contributed by atoms with van der Waals surface area (Å²) >= 11 is 0. The van der Waals surface area contributed by atoms with Crippen LogP contribution in [0, 0.1) is 0 Å². The standard InChI is InChI=1S/C5H10N2/c1-2-3-4-5-7-6/h3-5H,2,6H2,1H3/b4-3+,7-5-. The van der Waals surface area contributed by atoms with E-state index < -0.39 is 0 Å². The maximum absolute atomic E-state index is 4.79. The van der Waals surface area contributed by atoms with E-state index in [9.17, 15) is 0 Å². The third kappa shape index (κ3) is 5.21. The van der Waals surface area contributed by atoms with Crippen molar-refractivity contribution in [1.29, 1.82) is 0 Å². The molecule has 2 heteroatoms. The van der Waals surface area contributed by atoms with Crippen molar-refractivity contribution >= 4 is 6.21 Å². The predicted octanol–water partition coefficient (Wildman–Crippen LogP) is 0.897. The molecule has 0 aromatic carbocycles. The van der Waals surface area contributed by atoms with E-state index in [0.29, 0.717) is 0 Å². The van der Waals surface area contributed by atoms with Crippen LogP contribution in [0.25, 0.3) is 0 Å². The predicted molar refractivity (Wildman–Crippen MR) is 32.1 cm³/mol. The largest absolute Gasteiger partial charge is 0.323 e. The Bertz CT molecular complexity index is 74.1. The van der Waals surface area contributed by atoms with Crippen molar-refractivity contribution in [2.75, 3.05) is 0 Å². The quantitative estimate of drug-likeness (QED) is 0.311. The average molecular weight is 98.1 g/mol. The molecule has 0 rings (SSSR count). The Labute approximate surface area is 43.7 Å². The van der Waals surface area contributed by atoms with Crippen LogP contribution in [-0.2, 0) is 0 Å². The van der Waals surface area contributed by atoms with Gasteiger partial charge in [-0.2, -0.15) is 5.10 Å². The topological polar surface area (TPSA) is 38.4 Å². The molecule has 0 aromatic heterocycles. The van der Waals surface area contributed by atoms with E-state index >= 15 is 0 Å². The van der Waals surface area contributed by atoms with E-state index in [2.05, 4.69) is 12.0 Å². The zero-order valence-corrected chi connectivity index (χ0v) is 4.46. The van der Waals surface area contributed by atoms with Gasteiger partial charge < -0.3 is 5.84 Å². The molecule has 0 spiro atoms. The number of hydrazone groups is 1. The van der Waals surface area contributed by atoms with Gasteiger partial charge >= 0.3 is 0 Å². The second-order valence-electron chi connectivity index (χ2n) is 1.13. The van der Waals surface area contributed by atoms with Crippen molar-refractivity contribution in [3.8, 4) is 0 Å². The van der Waals surface area contributed by atoms with E-state index in [1.165, 1.54) is 0 Å². The van der Waals surface area contributed by atoms with Gasteiger partial charge in [-0.1, -0.05) is 13.0 Å². The third-order valence-corrected chi connectivity index (χ3v) is 0.544. The van der Waals surface area contributed by atoms with Gasteiger partial charge in [0.15, 0.2) is 0 Å². The molecule has 0 aliphatic carbocycles. The second-order valence-corrected chi connectivity index (χ2v) is 1.13. The fraction of sp³-hybridized carbons (Fsp3) is 0.400. The summed E-state index contributed by atoms with van der Waals surface area (Å²) in [4.78, 5) is 0. The highest BCUT2D eigenvalue weighted by Gasteiger charge is 1.58. The Morgan fingerprint density at radius 2 is 2.43 bits per heavy atom. The summed E-state index contributed by atoms with van der Waals surface area (Å²) in [6, 6.07) is 0. The van der Waals surface area contributed by atoms with Crippen molar-refractivity contribution in [2.24, 2.45) is 10.9 Å². The highest BCUT2D eigenvalue weighted by atomic mass is 15.1. The normalized spacial score (nSPS) is 11.6. The average Bonchev–Trinajstić information content (AvgIpc) is 1.69. The second kappa shape index (κ2) is 5.21. The van der Waals surface area contributed by atoms with Crippen LogP contribution < -0.4 is 5.84 Å². The van der Waals surface area contributed by atoms with Crippen LogP contribution in [0.5, 0.6) is 0 Å². The lowest BCUT2D eigenvalue weighted by Crippen LogP contribution is -1.76. The molecular weight excluding hydrogens is 88.1 g/mol. The van der Waals surface area contributed by atoms with Crippen LogP contribution in [0.15, 0.2) is 17.3 Å². The van der Waals surface area contributed by atoms with Crippen molar-refractivity contribution in [3.05, 3.63) is 12.2 Å². The molecule has 0 atom stereocenters. The summed E-state index contributed by atoms with van der Waals surface area (Å²) < 4.78 is 0. The smallest absolute Gasteiger partial charge is 0.0462 e. The minimum absolute atomic E-state index is 1.03. The lowest BCUT2D eigenvalue weighted by Gasteiger charge is -1.70. The summed E-state index contributed by atoms with van der Waals surface area (Å²) in [5, 5.41) is 3.26. The Hall–Kier alpha value is -0.790. The molecule has 0 aliphatic rings. The summed E-state index contributed by atoms with van der Waals surface area (Å²) in [7, 11) is 0. The van der Waals surface area contributed by atoms with Crippen LogP contribution in [0.2, 0.25) is 0 Å². The summed E-state index contributed by atoms with van der Waals surface area (Å²) in [6.45, 7) is 2.06. The van der Waals surface area contributed by atoms with E-state index in [1.807, 2.05) is 12.2 Å². The first-order valence-corrected chi connectivity index (χ1v) is 2.30. The monoisotopic (exact) mass is 98.1 g/mol. The van der Waals surface area contributed by atoms with Gasteiger partial charge in [-0.05, 0) is 12.5 Å². The molecule has 7 heavy (non-hydrogen) atoms. The molecule has 0 saturated heterocycles. The molecule has 2 nitrogen and oxygen atoms in total. The fourth-order valence-electron chi connectivity index (χ4n) is 0.247. The maximum Gasteiger partial charge on any atom is 0.0462 e. The van der Waals surface area contributed by atoms with Crippen molar-refractivity contribution < 1.29 is 0 Å². The zero-order chi connectivity index (χ0) is 5.54. The summed E-state index contributed by atoms with van der Waals surface area (Å²) in [5.41, 5.74) is 0. The number of allylic oxidation sites excluding steroid dienone is 2. The van der Waals surface area contributed by atoms with E-state index in [0.717, 1.165) is 6.42 Å². The number of rotatable bonds is 2.